The Hall–Kier alpha value is 0.697. The average Bonchev–Trinajstić information content (AvgIpc) is 1.21. The summed E-state index contributed by atoms with van der Waals surface area (Å²) in [6, 6.07) is 1.38. The zero-order valence-electron chi connectivity index (χ0n) is 6.16. The van der Waals surface area contributed by atoms with E-state index in [1.54, 1.807) is 0 Å². The molecule has 0 aromatic rings. The van der Waals surface area contributed by atoms with Crippen LogP contribution in [0.15, 0.2) is 0 Å². The molecule has 0 aliphatic carbocycles. The van der Waals surface area contributed by atoms with Crippen LogP contribution in [0.2, 0.25) is 19.1 Å². The molecule has 0 radical (unpaired) electrons. The topological polar surface area (TPSA) is 0 Å². The summed E-state index contributed by atoms with van der Waals surface area (Å²) in [6.07, 6.45) is 0. The Labute approximate surface area is 61.3 Å². The molecule has 2 heteroatoms. The van der Waals surface area contributed by atoms with Crippen LogP contribution in [0.5, 0.6) is 0 Å². The summed E-state index contributed by atoms with van der Waals surface area (Å²) in [4.78, 5) is 0. The smallest absolute Gasteiger partial charge is 0.124 e. The van der Waals surface area contributed by atoms with Gasteiger partial charge in [-0.2, -0.15) is 0 Å². The van der Waals surface area contributed by atoms with Gasteiger partial charge in [0.25, 0.3) is 0 Å². The quantitative estimate of drug-likeness (QED) is 0.468. The minimum atomic E-state index is -0.908. The van der Waals surface area contributed by atoms with Gasteiger partial charge in [0.05, 0.1) is 0 Å². The lowest BCUT2D eigenvalue weighted by atomic mass is 10.3. The first kappa shape index (κ1) is 8.70. The van der Waals surface area contributed by atoms with Gasteiger partial charge in [-0.3, -0.25) is 0 Å². The van der Waals surface area contributed by atoms with Gasteiger partial charge in [0, 0.05) is 0 Å². The molecule has 0 aliphatic rings. The summed E-state index contributed by atoms with van der Waals surface area (Å²) < 4.78 is 0. The van der Waals surface area contributed by atoms with E-state index in [0.717, 1.165) is 5.92 Å². The lowest BCUT2D eigenvalue weighted by Crippen LogP contribution is -2.17. The highest BCUT2D eigenvalue weighted by atomic mass is 79.9. The largest absolute Gasteiger partial charge is 0.127 e. The van der Waals surface area contributed by atoms with Crippen molar-refractivity contribution < 1.29 is 0 Å². The fourth-order valence-electron chi connectivity index (χ4n) is 0.971. The molecule has 0 spiro atoms. The lowest BCUT2D eigenvalue weighted by molar-refractivity contribution is 0.725. The molecule has 0 bridgehead atoms. The van der Waals surface area contributed by atoms with Crippen molar-refractivity contribution in [1.82, 2.24) is 0 Å². The normalized spacial score (nSPS) is 12.8. The Kier molecular flexibility index (Phi) is 3.28. The molecule has 0 nitrogen and oxygen atoms in total. The average molecular weight is 195 g/mol. The van der Waals surface area contributed by atoms with Gasteiger partial charge in [-0.15, -0.1) is 15.3 Å². The SMILES string of the molecule is CC(C)C[Si](C)(C)Br. The Morgan fingerprint density at radius 3 is 1.75 bits per heavy atom. The fourth-order valence-corrected chi connectivity index (χ4v) is 4.85. The molecule has 8 heavy (non-hydrogen) atoms. The molecule has 0 heterocycles. The van der Waals surface area contributed by atoms with Crippen LogP contribution in [-0.4, -0.2) is 6.69 Å². The monoisotopic (exact) mass is 194 g/mol. The second-order valence-electron chi connectivity index (χ2n) is 3.32. The van der Waals surface area contributed by atoms with Gasteiger partial charge in [0.1, 0.15) is 6.69 Å². The third-order valence-corrected chi connectivity index (χ3v) is 3.65. The second kappa shape index (κ2) is 3.02. The van der Waals surface area contributed by atoms with Crippen LogP contribution in [0, 0.1) is 5.92 Å². The number of halogens is 1. The number of hydrogen-bond donors (Lipinski definition) is 0. The van der Waals surface area contributed by atoms with Crippen LogP contribution in [0.25, 0.3) is 0 Å². The van der Waals surface area contributed by atoms with E-state index in [4.69, 9.17) is 0 Å². The molecule has 0 fully saturated rings. The molecule has 50 valence electrons. The summed E-state index contributed by atoms with van der Waals surface area (Å²) in [5.74, 6) is 0.857. The van der Waals surface area contributed by atoms with Crippen LogP contribution in [0.1, 0.15) is 13.8 Å². The zero-order valence-corrected chi connectivity index (χ0v) is 8.75. The van der Waals surface area contributed by atoms with E-state index in [2.05, 4.69) is 42.2 Å². The molecule has 0 aromatic heterocycles. The maximum atomic E-state index is 3.72. The summed E-state index contributed by atoms with van der Waals surface area (Å²) in [7, 11) is 0. The van der Waals surface area contributed by atoms with Crippen molar-refractivity contribution in [2.24, 2.45) is 5.92 Å². The first-order chi connectivity index (χ1) is 3.42. The maximum absolute atomic E-state index is 3.72. The van der Waals surface area contributed by atoms with Gasteiger partial charge in [-0.1, -0.05) is 26.9 Å². The Bertz CT molecular complexity index is 63.4. The van der Waals surface area contributed by atoms with Crippen molar-refractivity contribution in [2.45, 2.75) is 33.0 Å². The van der Waals surface area contributed by atoms with Crippen molar-refractivity contribution in [3.8, 4) is 0 Å². The van der Waals surface area contributed by atoms with Gasteiger partial charge in [0.2, 0.25) is 0 Å². The molecule has 0 aliphatic heterocycles. The van der Waals surface area contributed by atoms with Crippen molar-refractivity contribution in [1.29, 1.82) is 0 Å². The summed E-state index contributed by atoms with van der Waals surface area (Å²) >= 11 is 3.72. The van der Waals surface area contributed by atoms with Crippen LogP contribution >= 0.6 is 15.3 Å². The third-order valence-electron chi connectivity index (χ3n) is 0.894. The molecule has 0 N–H and O–H groups in total. The van der Waals surface area contributed by atoms with Crippen molar-refractivity contribution in [2.75, 3.05) is 0 Å². The first-order valence-corrected chi connectivity index (χ1v) is 8.57. The predicted octanol–water partition coefficient (Wildman–Crippen LogP) is 3.24. The molecule has 0 aromatic carbocycles. The van der Waals surface area contributed by atoms with E-state index < -0.39 is 6.69 Å². The standard InChI is InChI=1S/C6H15BrSi/c1-6(2)5-8(3,4)7/h6H,5H2,1-4H3. The van der Waals surface area contributed by atoms with Gasteiger partial charge in [-0.25, -0.2) is 0 Å². The fraction of sp³-hybridized carbons (Fsp3) is 1.00. The van der Waals surface area contributed by atoms with E-state index in [1.165, 1.54) is 6.04 Å². The van der Waals surface area contributed by atoms with Crippen molar-refractivity contribution in [3.63, 3.8) is 0 Å². The molecule has 0 atom stereocenters. The Morgan fingerprint density at radius 1 is 1.38 bits per heavy atom. The van der Waals surface area contributed by atoms with Gasteiger partial charge in [0.15, 0.2) is 0 Å². The molecule has 0 amide bonds. The minimum Gasteiger partial charge on any atom is -0.127 e. The minimum absolute atomic E-state index is 0.857. The zero-order chi connectivity index (χ0) is 6.78. The highest BCUT2D eigenvalue weighted by Crippen LogP contribution is 2.21. The van der Waals surface area contributed by atoms with E-state index in [9.17, 15) is 0 Å². The van der Waals surface area contributed by atoms with Crippen molar-refractivity contribution >= 4 is 22.0 Å². The molecule has 0 unspecified atom stereocenters. The van der Waals surface area contributed by atoms with E-state index in [-0.39, 0.29) is 0 Å². The molecule has 0 rings (SSSR count). The van der Waals surface area contributed by atoms with E-state index in [0.29, 0.717) is 0 Å². The highest BCUT2D eigenvalue weighted by molar-refractivity contribution is 9.26. The maximum Gasteiger partial charge on any atom is 0.124 e. The van der Waals surface area contributed by atoms with E-state index >= 15 is 0 Å². The van der Waals surface area contributed by atoms with Gasteiger partial charge < -0.3 is 0 Å². The lowest BCUT2D eigenvalue weighted by Gasteiger charge is -2.15. The van der Waals surface area contributed by atoms with Gasteiger partial charge >= 0.3 is 0 Å². The summed E-state index contributed by atoms with van der Waals surface area (Å²) in [6.45, 7) is 8.32. The third kappa shape index (κ3) is 6.70. The number of rotatable bonds is 2. The summed E-state index contributed by atoms with van der Waals surface area (Å²) in [5.41, 5.74) is 0. The molecular formula is C6H15BrSi. The Balaban J connectivity index is 3.39. The molecular weight excluding hydrogens is 180 g/mol. The predicted molar refractivity (Wildman–Crippen MR) is 46.1 cm³/mol. The van der Waals surface area contributed by atoms with Crippen LogP contribution in [-0.2, 0) is 0 Å². The summed E-state index contributed by atoms with van der Waals surface area (Å²) in [5, 5.41) is 0. The Morgan fingerprint density at radius 2 is 1.75 bits per heavy atom. The number of hydrogen-bond acceptors (Lipinski definition) is 0. The van der Waals surface area contributed by atoms with Crippen molar-refractivity contribution in [3.05, 3.63) is 0 Å². The highest BCUT2D eigenvalue weighted by Gasteiger charge is 2.16. The van der Waals surface area contributed by atoms with Gasteiger partial charge in [-0.05, 0) is 12.0 Å². The van der Waals surface area contributed by atoms with E-state index in [1.807, 2.05) is 0 Å². The molecule has 0 saturated carbocycles. The second-order valence-corrected chi connectivity index (χ2v) is 13.6. The van der Waals surface area contributed by atoms with Crippen LogP contribution in [0.3, 0.4) is 0 Å². The molecule has 0 saturated heterocycles. The van der Waals surface area contributed by atoms with Crippen LogP contribution in [0.4, 0.5) is 0 Å². The van der Waals surface area contributed by atoms with Crippen LogP contribution < -0.4 is 0 Å². The first-order valence-electron chi connectivity index (χ1n) is 3.11.